The predicted octanol–water partition coefficient (Wildman–Crippen LogP) is 4.07. The summed E-state index contributed by atoms with van der Waals surface area (Å²) >= 11 is 0. The average molecular weight is 378 g/mol. The SMILES string of the molecule is CC(C)c1[c-]c(-c2[c-]cccc2)ccc1.[W+2]. The normalized spacial score (nSPS) is 9.94. The monoisotopic (exact) mass is 378 g/mol. The van der Waals surface area contributed by atoms with Crippen molar-refractivity contribution in [2.45, 2.75) is 19.8 Å². The van der Waals surface area contributed by atoms with Gasteiger partial charge in [-0.1, -0.05) is 13.8 Å². The molecule has 0 spiro atoms. The molecule has 2 rings (SSSR count). The standard InChI is InChI=1S/C15H14.W/c1-12(2)14-9-6-10-15(11-14)13-7-4-3-5-8-13;/h3-7,9-10,12H,1-2H3;/q-2;+2. The second-order valence-electron chi connectivity index (χ2n) is 3.95. The first kappa shape index (κ1) is 13.2. The van der Waals surface area contributed by atoms with E-state index in [1.807, 2.05) is 18.2 Å². The molecule has 2 aromatic carbocycles. The third kappa shape index (κ3) is 3.06. The Bertz CT molecular complexity index is 432. The van der Waals surface area contributed by atoms with E-state index in [0.29, 0.717) is 5.92 Å². The van der Waals surface area contributed by atoms with E-state index in [2.05, 4.69) is 50.2 Å². The van der Waals surface area contributed by atoms with Crippen molar-refractivity contribution in [3.05, 3.63) is 60.2 Å². The van der Waals surface area contributed by atoms with Gasteiger partial charge in [-0.3, -0.25) is 0 Å². The molecule has 0 aliphatic heterocycles. The first-order valence-corrected chi connectivity index (χ1v) is 5.26. The van der Waals surface area contributed by atoms with E-state index < -0.39 is 0 Å². The summed E-state index contributed by atoms with van der Waals surface area (Å²) in [6, 6.07) is 20.9. The molecule has 0 aromatic heterocycles. The number of hydrogen-bond donors (Lipinski definition) is 0. The zero-order valence-electron chi connectivity index (χ0n) is 9.53. The van der Waals surface area contributed by atoms with Crippen LogP contribution in [0.1, 0.15) is 25.3 Å². The summed E-state index contributed by atoms with van der Waals surface area (Å²) in [6.07, 6.45) is 0. The summed E-state index contributed by atoms with van der Waals surface area (Å²) in [6.45, 7) is 4.37. The van der Waals surface area contributed by atoms with Crippen molar-refractivity contribution in [1.82, 2.24) is 0 Å². The number of hydrogen-bond acceptors (Lipinski definition) is 0. The Labute approximate surface area is 112 Å². The van der Waals surface area contributed by atoms with Gasteiger partial charge in [0.05, 0.1) is 0 Å². The summed E-state index contributed by atoms with van der Waals surface area (Å²) < 4.78 is 0. The van der Waals surface area contributed by atoms with Crippen LogP contribution in [0.4, 0.5) is 0 Å². The molecule has 80 valence electrons. The first-order chi connectivity index (χ1) is 7.27. The van der Waals surface area contributed by atoms with Crippen LogP contribution in [-0.2, 0) is 21.1 Å². The minimum atomic E-state index is 0. The van der Waals surface area contributed by atoms with E-state index >= 15 is 0 Å². The van der Waals surface area contributed by atoms with Crippen molar-refractivity contribution in [2.75, 3.05) is 0 Å². The smallest absolute Gasteiger partial charge is 0.226 e. The quantitative estimate of drug-likeness (QED) is 0.692. The molecule has 0 saturated heterocycles. The van der Waals surface area contributed by atoms with E-state index in [9.17, 15) is 0 Å². The van der Waals surface area contributed by atoms with Crippen molar-refractivity contribution < 1.29 is 21.1 Å². The molecule has 0 bridgehead atoms. The minimum absolute atomic E-state index is 0. The van der Waals surface area contributed by atoms with Crippen LogP contribution in [0.25, 0.3) is 11.1 Å². The fourth-order valence-electron chi connectivity index (χ4n) is 1.54. The molecule has 0 radical (unpaired) electrons. The van der Waals surface area contributed by atoms with E-state index in [1.54, 1.807) is 0 Å². The number of rotatable bonds is 2. The molecule has 0 aliphatic rings. The molecule has 1 heteroatoms. The topological polar surface area (TPSA) is 0 Å². The summed E-state index contributed by atoms with van der Waals surface area (Å²) in [5.41, 5.74) is 3.49. The Morgan fingerprint density at radius 2 is 1.69 bits per heavy atom. The zero-order chi connectivity index (χ0) is 10.7. The second kappa shape index (κ2) is 6.01. The molecular formula is C15H14W. The van der Waals surface area contributed by atoms with Gasteiger partial charge < -0.3 is 0 Å². The maximum Gasteiger partial charge on any atom is 2.00 e. The Morgan fingerprint density at radius 3 is 2.31 bits per heavy atom. The molecule has 16 heavy (non-hydrogen) atoms. The third-order valence-electron chi connectivity index (χ3n) is 2.44. The predicted molar refractivity (Wildman–Crippen MR) is 63.6 cm³/mol. The molecule has 0 saturated carbocycles. The van der Waals surface area contributed by atoms with E-state index in [4.69, 9.17) is 0 Å². The molecule has 0 unspecified atom stereocenters. The molecule has 0 amide bonds. The van der Waals surface area contributed by atoms with Gasteiger partial charge in [-0.2, -0.15) is 42.5 Å². The van der Waals surface area contributed by atoms with Crippen molar-refractivity contribution >= 4 is 0 Å². The van der Waals surface area contributed by atoms with E-state index in [1.165, 1.54) is 5.56 Å². The molecule has 0 fully saturated rings. The molecule has 0 N–H and O–H groups in total. The third-order valence-corrected chi connectivity index (χ3v) is 2.44. The van der Waals surface area contributed by atoms with Crippen LogP contribution in [-0.4, -0.2) is 0 Å². The Morgan fingerprint density at radius 1 is 0.938 bits per heavy atom. The van der Waals surface area contributed by atoms with Gasteiger partial charge in [0, 0.05) is 0 Å². The van der Waals surface area contributed by atoms with E-state index in [0.717, 1.165) is 11.1 Å². The zero-order valence-corrected chi connectivity index (χ0v) is 12.5. The maximum atomic E-state index is 3.43. The van der Waals surface area contributed by atoms with Crippen LogP contribution in [0, 0.1) is 12.1 Å². The van der Waals surface area contributed by atoms with Crippen LogP contribution in [0.2, 0.25) is 0 Å². The summed E-state index contributed by atoms with van der Waals surface area (Å²) in [4.78, 5) is 0. The van der Waals surface area contributed by atoms with Crippen molar-refractivity contribution in [1.29, 1.82) is 0 Å². The molecule has 2 aromatic rings. The Kier molecular flexibility index (Phi) is 4.96. The van der Waals surface area contributed by atoms with Gasteiger partial charge in [-0.25, -0.2) is 11.1 Å². The van der Waals surface area contributed by atoms with Crippen LogP contribution < -0.4 is 0 Å². The Hall–Kier alpha value is -0.872. The Balaban J connectivity index is 0.00000128. The summed E-state index contributed by atoms with van der Waals surface area (Å²) in [5, 5.41) is 0. The van der Waals surface area contributed by atoms with Crippen molar-refractivity contribution in [2.24, 2.45) is 0 Å². The molecular weight excluding hydrogens is 364 g/mol. The van der Waals surface area contributed by atoms with Crippen LogP contribution in [0.3, 0.4) is 0 Å². The summed E-state index contributed by atoms with van der Waals surface area (Å²) in [7, 11) is 0. The molecule has 0 nitrogen and oxygen atoms in total. The molecule has 0 aliphatic carbocycles. The van der Waals surface area contributed by atoms with Crippen LogP contribution >= 0.6 is 0 Å². The van der Waals surface area contributed by atoms with Gasteiger partial charge in [0.1, 0.15) is 0 Å². The minimum Gasteiger partial charge on any atom is -0.226 e. The van der Waals surface area contributed by atoms with Gasteiger partial charge in [-0.15, -0.1) is 17.7 Å². The fraction of sp³-hybridized carbons (Fsp3) is 0.200. The summed E-state index contributed by atoms with van der Waals surface area (Å²) in [5.74, 6) is 0.522. The van der Waals surface area contributed by atoms with Gasteiger partial charge in [0.2, 0.25) is 0 Å². The van der Waals surface area contributed by atoms with Gasteiger partial charge in [-0.05, 0) is 5.92 Å². The maximum absolute atomic E-state index is 3.43. The van der Waals surface area contributed by atoms with Gasteiger partial charge in [0.15, 0.2) is 0 Å². The second-order valence-corrected chi connectivity index (χ2v) is 3.95. The van der Waals surface area contributed by atoms with E-state index in [-0.39, 0.29) is 21.1 Å². The van der Waals surface area contributed by atoms with Gasteiger partial charge >= 0.3 is 21.1 Å². The molecule has 0 heterocycles. The first-order valence-electron chi connectivity index (χ1n) is 5.26. The van der Waals surface area contributed by atoms with Crippen molar-refractivity contribution in [3.8, 4) is 11.1 Å². The van der Waals surface area contributed by atoms with Crippen LogP contribution in [0.5, 0.6) is 0 Å². The average Bonchev–Trinajstić information content (AvgIpc) is 2.30. The number of benzene rings is 2. The van der Waals surface area contributed by atoms with Crippen LogP contribution in [0.15, 0.2) is 42.5 Å². The fourth-order valence-corrected chi connectivity index (χ4v) is 1.54. The molecule has 0 atom stereocenters. The van der Waals surface area contributed by atoms with Gasteiger partial charge in [0.25, 0.3) is 0 Å². The van der Waals surface area contributed by atoms with Crippen molar-refractivity contribution in [3.63, 3.8) is 0 Å². The largest absolute Gasteiger partial charge is 2.00 e.